The van der Waals surface area contributed by atoms with Crippen molar-refractivity contribution >= 4 is 28.7 Å². The average Bonchev–Trinajstić information content (AvgIpc) is 3.28. The van der Waals surface area contributed by atoms with Gasteiger partial charge in [0.1, 0.15) is 0 Å². The number of hydrogen-bond donors (Lipinski definition) is 0. The number of rotatable bonds is 9. The molecule has 0 bridgehead atoms. The number of aromatic nitrogens is 4. The molecule has 0 radical (unpaired) electrons. The van der Waals surface area contributed by atoms with E-state index in [0.717, 1.165) is 12.0 Å². The molecule has 2 aromatic carbocycles. The van der Waals surface area contributed by atoms with E-state index in [1.54, 1.807) is 29.7 Å². The van der Waals surface area contributed by atoms with Gasteiger partial charge >= 0.3 is 5.97 Å². The van der Waals surface area contributed by atoms with E-state index >= 15 is 0 Å². The van der Waals surface area contributed by atoms with Gasteiger partial charge in [-0.2, -0.15) is 0 Å². The molecule has 0 aliphatic heterocycles. The lowest BCUT2D eigenvalue weighted by molar-refractivity contribution is -0.139. The standard InChI is InChI=1S/C25H26N4O5/c1-4-14-33-20-12-10-17(15-21(20)32-5-2)11-13-23(30)34-16-22-26-27-25-28(3)24(31)18-8-6-7-9-19(18)29(22)25/h6-13,15H,4-5,14,16H2,1-3H3/b13-11+. The molecule has 0 saturated heterocycles. The molecule has 4 aromatic rings. The van der Waals surface area contributed by atoms with Crippen LogP contribution in [0.4, 0.5) is 0 Å². The predicted octanol–water partition coefficient (Wildman–Crippen LogP) is 3.53. The van der Waals surface area contributed by atoms with Crippen molar-refractivity contribution in [2.45, 2.75) is 26.9 Å². The topological polar surface area (TPSA) is 97.0 Å². The number of aryl methyl sites for hydroxylation is 1. The second-order valence-electron chi connectivity index (χ2n) is 7.56. The maximum absolute atomic E-state index is 12.5. The minimum absolute atomic E-state index is 0.0967. The first-order valence-corrected chi connectivity index (χ1v) is 11.1. The van der Waals surface area contributed by atoms with Crippen molar-refractivity contribution in [1.29, 1.82) is 0 Å². The number of hydrogen-bond acceptors (Lipinski definition) is 7. The van der Waals surface area contributed by atoms with Crippen LogP contribution in [0.25, 0.3) is 22.8 Å². The number of nitrogens with zero attached hydrogens (tertiary/aromatic N) is 4. The van der Waals surface area contributed by atoms with Crippen LogP contribution in [0.1, 0.15) is 31.7 Å². The Labute approximate surface area is 196 Å². The van der Waals surface area contributed by atoms with E-state index < -0.39 is 5.97 Å². The van der Waals surface area contributed by atoms with Crippen molar-refractivity contribution in [2.24, 2.45) is 7.05 Å². The molecule has 0 spiro atoms. The minimum atomic E-state index is -0.532. The number of benzene rings is 2. The molecule has 0 atom stereocenters. The van der Waals surface area contributed by atoms with Crippen LogP contribution in [0.5, 0.6) is 11.5 Å². The zero-order valence-corrected chi connectivity index (χ0v) is 19.4. The second-order valence-corrected chi connectivity index (χ2v) is 7.56. The number of esters is 1. The fourth-order valence-electron chi connectivity index (χ4n) is 3.56. The second kappa shape index (κ2) is 10.2. The van der Waals surface area contributed by atoms with Gasteiger partial charge in [0.05, 0.1) is 24.1 Å². The molecule has 0 amide bonds. The van der Waals surface area contributed by atoms with Crippen LogP contribution < -0.4 is 15.0 Å². The summed E-state index contributed by atoms with van der Waals surface area (Å²) in [5.41, 5.74) is 1.26. The summed E-state index contributed by atoms with van der Waals surface area (Å²) in [6.45, 7) is 4.95. The van der Waals surface area contributed by atoms with Gasteiger partial charge in [-0.05, 0) is 49.2 Å². The molecule has 0 aliphatic rings. The number of ether oxygens (including phenoxy) is 3. The Balaban J connectivity index is 1.51. The highest BCUT2D eigenvalue weighted by atomic mass is 16.5. The highest BCUT2D eigenvalue weighted by Crippen LogP contribution is 2.29. The molecular formula is C25H26N4O5. The van der Waals surface area contributed by atoms with Crippen molar-refractivity contribution in [3.63, 3.8) is 0 Å². The summed E-state index contributed by atoms with van der Waals surface area (Å²) in [5.74, 6) is 1.55. The number of fused-ring (bicyclic) bond motifs is 3. The highest BCUT2D eigenvalue weighted by Gasteiger charge is 2.15. The van der Waals surface area contributed by atoms with Gasteiger partial charge < -0.3 is 14.2 Å². The van der Waals surface area contributed by atoms with Gasteiger partial charge in [0.25, 0.3) is 5.56 Å². The Morgan fingerprint density at radius 3 is 2.68 bits per heavy atom. The Hall–Kier alpha value is -4.14. The Kier molecular flexibility index (Phi) is 6.91. The Bertz CT molecular complexity index is 1420. The van der Waals surface area contributed by atoms with Crippen LogP contribution >= 0.6 is 0 Å². The summed E-state index contributed by atoms with van der Waals surface area (Å²) in [7, 11) is 1.63. The molecule has 2 heterocycles. The van der Waals surface area contributed by atoms with Gasteiger partial charge in [0.15, 0.2) is 23.9 Å². The first-order chi connectivity index (χ1) is 16.5. The summed E-state index contributed by atoms with van der Waals surface area (Å²) in [5, 5.41) is 8.75. The summed E-state index contributed by atoms with van der Waals surface area (Å²) in [4.78, 5) is 24.9. The van der Waals surface area contributed by atoms with Gasteiger partial charge in [0, 0.05) is 13.1 Å². The fourth-order valence-corrected chi connectivity index (χ4v) is 3.56. The lowest BCUT2D eigenvalue weighted by atomic mass is 10.2. The van der Waals surface area contributed by atoms with Gasteiger partial charge in [-0.1, -0.05) is 25.1 Å². The van der Waals surface area contributed by atoms with Crippen LogP contribution in [0, 0.1) is 0 Å². The third kappa shape index (κ3) is 4.63. The third-order valence-corrected chi connectivity index (χ3v) is 5.18. The average molecular weight is 463 g/mol. The molecule has 0 unspecified atom stereocenters. The van der Waals surface area contributed by atoms with Crippen molar-refractivity contribution in [1.82, 2.24) is 19.2 Å². The number of para-hydroxylation sites is 1. The molecule has 2 aromatic heterocycles. The molecular weight excluding hydrogens is 436 g/mol. The Morgan fingerprint density at radius 1 is 1.06 bits per heavy atom. The van der Waals surface area contributed by atoms with Crippen LogP contribution in [0.3, 0.4) is 0 Å². The van der Waals surface area contributed by atoms with E-state index in [4.69, 9.17) is 14.2 Å². The zero-order chi connectivity index (χ0) is 24.1. The zero-order valence-electron chi connectivity index (χ0n) is 19.4. The SMILES string of the molecule is CCCOc1ccc(/C=C/C(=O)OCc2nnc3n(C)c(=O)c4ccccc4n23)cc1OCC. The fraction of sp³-hybridized carbons (Fsp3) is 0.280. The third-order valence-electron chi connectivity index (χ3n) is 5.18. The van der Waals surface area contributed by atoms with Crippen LogP contribution in [0.2, 0.25) is 0 Å². The van der Waals surface area contributed by atoms with Crippen molar-refractivity contribution in [3.8, 4) is 11.5 Å². The molecule has 0 fully saturated rings. The van der Waals surface area contributed by atoms with Gasteiger partial charge in [0.2, 0.25) is 5.78 Å². The maximum Gasteiger partial charge on any atom is 0.331 e. The molecule has 0 aliphatic carbocycles. The van der Waals surface area contributed by atoms with Gasteiger partial charge in [-0.15, -0.1) is 10.2 Å². The highest BCUT2D eigenvalue weighted by molar-refractivity contribution is 5.87. The monoisotopic (exact) mass is 462 g/mol. The number of carbonyl (C=O) groups excluding carboxylic acids is 1. The smallest absolute Gasteiger partial charge is 0.331 e. The van der Waals surface area contributed by atoms with Crippen LogP contribution in [-0.2, 0) is 23.2 Å². The first kappa shape index (κ1) is 23.0. The lowest BCUT2D eigenvalue weighted by Crippen LogP contribution is -2.20. The maximum atomic E-state index is 12.5. The normalized spacial score (nSPS) is 11.4. The molecule has 9 nitrogen and oxygen atoms in total. The molecule has 4 rings (SSSR count). The van der Waals surface area contributed by atoms with Gasteiger partial charge in [-0.25, -0.2) is 4.79 Å². The largest absolute Gasteiger partial charge is 0.490 e. The molecule has 0 saturated carbocycles. The van der Waals surface area contributed by atoms with Gasteiger partial charge in [-0.3, -0.25) is 13.8 Å². The van der Waals surface area contributed by atoms with Crippen molar-refractivity contribution in [2.75, 3.05) is 13.2 Å². The quantitative estimate of drug-likeness (QED) is 0.277. The lowest BCUT2D eigenvalue weighted by Gasteiger charge is -2.12. The molecule has 9 heteroatoms. The van der Waals surface area contributed by atoms with Crippen LogP contribution in [-0.4, -0.2) is 38.3 Å². The van der Waals surface area contributed by atoms with Crippen molar-refractivity contribution in [3.05, 3.63) is 70.3 Å². The van der Waals surface area contributed by atoms with E-state index in [9.17, 15) is 9.59 Å². The Morgan fingerprint density at radius 2 is 1.88 bits per heavy atom. The summed E-state index contributed by atoms with van der Waals surface area (Å²) >= 11 is 0. The minimum Gasteiger partial charge on any atom is -0.490 e. The first-order valence-electron chi connectivity index (χ1n) is 11.1. The van der Waals surface area contributed by atoms with E-state index in [1.165, 1.54) is 10.6 Å². The molecule has 34 heavy (non-hydrogen) atoms. The summed E-state index contributed by atoms with van der Waals surface area (Å²) in [6, 6.07) is 12.7. The van der Waals surface area contributed by atoms with Crippen molar-refractivity contribution < 1.29 is 19.0 Å². The summed E-state index contributed by atoms with van der Waals surface area (Å²) in [6.07, 6.45) is 3.89. The van der Waals surface area contributed by atoms with E-state index in [1.807, 2.05) is 44.2 Å². The van der Waals surface area contributed by atoms with Crippen LogP contribution in [0.15, 0.2) is 53.3 Å². The van der Waals surface area contributed by atoms with E-state index in [0.29, 0.717) is 47.2 Å². The summed E-state index contributed by atoms with van der Waals surface area (Å²) < 4.78 is 19.9. The van der Waals surface area contributed by atoms with E-state index in [2.05, 4.69) is 10.2 Å². The molecule has 176 valence electrons. The molecule has 0 N–H and O–H groups in total. The predicted molar refractivity (Wildman–Crippen MR) is 128 cm³/mol. The number of carbonyl (C=O) groups is 1. The van der Waals surface area contributed by atoms with E-state index in [-0.39, 0.29) is 12.2 Å².